The molecule has 0 N–H and O–H groups in total. The van der Waals surface area contributed by atoms with E-state index in [2.05, 4.69) is 11.9 Å². The number of hydrogen-bond acceptors (Lipinski definition) is 5. The summed E-state index contributed by atoms with van der Waals surface area (Å²) in [6.07, 6.45) is 1.17. The van der Waals surface area contributed by atoms with E-state index in [-0.39, 0.29) is 10.7 Å². The third-order valence-electron chi connectivity index (χ3n) is 2.29. The molecule has 0 aromatic rings. The van der Waals surface area contributed by atoms with Gasteiger partial charge in [0.1, 0.15) is 6.79 Å². The Balaban J connectivity index is 0.000000331. The molecule has 18 heavy (non-hydrogen) atoms. The maximum atomic E-state index is 10.7. The first-order valence-corrected chi connectivity index (χ1v) is 7.11. The Labute approximate surface area is 115 Å². The molecule has 4 nitrogen and oxygen atoms in total. The first-order valence-electron chi connectivity index (χ1n) is 6.23. The van der Waals surface area contributed by atoms with Crippen LogP contribution in [0.5, 0.6) is 0 Å². The average Bonchev–Trinajstić information content (AvgIpc) is 2.60. The normalized spacial score (nSPS) is 20.4. The van der Waals surface area contributed by atoms with Crippen molar-refractivity contribution in [2.45, 2.75) is 45.0 Å². The van der Waals surface area contributed by atoms with Gasteiger partial charge in [-0.2, -0.15) is 0 Å². The summed E-state index contributed by atoms with van der Waals surface area (Å²) < 4.78 is 9.85. The summed E-state index contributed by atoms with van der Waals surface area (Å²) in [6.45, 7) is 10.2. The van der Waals surface area contributed by atoms with E-state index in [9.17, 15) is 4.79 Å². The number of thioether (sulfide) groups is 1. The average molecular weight is 277 g/mol. The molecule has 1 atom stereocenters. The summed E-state index contributed by atoms with van der Waals surface area (Å²) in [4.78, 5) is 12.9. The van der Waals surface area contributed by atoms with Crippen LogP contribution in [0.1, 0.15) is 34.1 Å². The highest BCUT2D eigenvalue weighted by Gasteiger charge is 2.20. The lowest BCUT2D eigenvalue weighted by Gasteiger charge is -2.17. The smallest absolute Gasteiger partial charge is 0.186 e. The van der Waals surface area contributed by atoms with Gasteiger partial charge >= 0.3 is 0 Å². The minimum absolute atomic E-state index is 0.0734. The minimum Gasteiger partial charge on any atom is -0.359 e. The standard InChI is InChI=1S/C7H13NOS.C6H14O2/c1-6(9)10-7-3-4-8(2)5-7;1-6(2,3)8-5-7-4/h7H,3-5H2,1-2H3;5H2,1-4H3/t7-;/m0./s1. The highest BCUT2D eigenvalue weighted by atomic mass is 32.2. The van der Waals surface area contributed by atoms with Crippen LogP contribution in [-0.4, -0.2) is 54.9 Å². The van der Waals surface area contributed by atoms with Crippen LogP contribution in [0, 0.1) is 0 Å². The molecule has 0 bridgehead atoms. The zero-order valence-electron chi connectivity index (χ0n) is 12.5. The van der Waals surface area contributed by atoms with E-state index in [1.807, 2.05) is 20.8 Å². The van der Waals surface area contributed by atoms with Crippen LogP contribution in [0.3, 0.4) is 0 Å². The number of nitrogens with zero attached hydrogens (tertiary/aromatic N) is 1. The summed E-state index contributed by atoms with van der Waals surface area (Å²) in [5, 5.41) is 0.808. The molecule has 1 aliphatic rings. The SMILES string of the molecule is CC(=O)S[C@H]1CCN(C)C1.COCOC(C)(C)C. The second kappa shape index (κ2) is 8.91. The van der Waals surface area contributed by atoms with Gasteiger partial charge in [-0.25, -0.2) is 0 Å². The fourth-order valence-electron chi connectivity index (χ4n) is 1.46. The van der Waals surface area contributed by atoms with Crippen molar-refractivity contribution < 1.29 is 14.3 Å². The number of ether oxygens (including phenoxy) is 2. The summed E-state index contributed by atoms with van der Waals surface area (Å²) in [7, 11) is 3.71. The lowest BCUT2D eigenvalue weighted by atomic mass is 10.2. The quantitative estimate of drug-likeness (QED) is 0.741. The molecule has 0 aliphatic carbocycles. The van der Waals surface area contributed by atoms with Crippen LogP contribution in [0.25, 0.3) is 0 Å². The van der Waals surface area contributed by atoms with Crippen LogP contribution in [0.15, 0.2) is 0 Å². The third kappa shape index (κ3) is 11.0. The highest BCUT2D eigenvalue weighted by Crippen LogP contribution is 2.21. The molecule has 1 heterocycles. The molecule has 1 aliphatic heterocycles. The van der Waals surface area contributed by atoms with Crippen LogP contribution in [0.2, 0.25) is 0 Å². The number of hydrogen-bond donors (Lipinski definition) is 0. The topological polar surface area (TPSA) is 38.8 Å². The Bertz CT molecular complexity index is 241. The second-order valence-electron chi connectivity index (χ2n) is 5.45. The van der Waals surface area contributed by atoms with Crippen LogP contribution in [-0.2, 0) is 14.3 Å². The van der Waals surface area contributed by atoms with Gasteiger partial charge in [0.25, 0.3) is 0 Å². The van der Waals surface area contributed by atoms with Gasteiger partial charge in [-0.3, -0.25) is 4.79 Å². The van der Waals surface area contributed by atoms with Crippen molar-refractivity contribution in [1.82, 2.24) is 4.90 Å². The maximum absolute atomic E-state index is 10.7. The molecule has 1 rings (SSSR count). The van der Waals surface area contributed by atoms with Crippen molar-refractivity contribution in [3.05, 3.63) is 0 Å². The lowest BCUT2D eigenvalue weighted by Crippen LogP contribution is -2.20. The van der Waals surface area contributed by atoms with E-state index >= 15 is 0 Å². The number of likely N-dealkylation sites (tertiary alicyclic amines) is 1. The summed E-state index contributed by atoms with van der Waals surface area (Å²) in [5.74, 6) is 0. The first kappa shape index (κ1) is 17.9. The molecule has 0 amide bonds. The van der Waals surface area contributed by atoms with Crippen LogP contribution >= 0.6 is 11.8 Å². The number of methoxy groups -OCH3 is 1. The van der Waals surface area contributed by atoms with Crippen molar-refractivity contribution in [3.63, 3.8) is 0 Å². The summed E-state index contributed by atoms with van der Waals surface area (Å²) in [6, 6.07) is 0. The summed E-state index contributed by atoms with van der Waals surface area (Å²) in [5.41, 5.74) is -0.0734. The number of carbonyl (C=O) groups excluding carboxylic acids is 1. The van der Waals surface area contributed by atoms with E-state index in [4.69, 9.17) is 9.47 Å². The predicted octanol–water partition coefficient (Wildman–Crippen LogP) is 2.38. The maximum Gasteiger partial charge on any atom is 0.186 e. The molecule has 108 valence electrons. The largest absolute Gasteiger partial charge is 0.359 e. The minimum atomic E-state index is -0.0734. The van der Waals surface area contributed by atoms with Gasteiger partial charge in [-0.15, -0.1) is 0 Å². The molecule has 0 radical (unpaired) electrons. The van der Waals surface area contributed by atoms with E-state index in [1.165, 1.54) is 18.2 Å². The Morgan fingerprint density at radius 2 is 2.06 bits per heavy atom. The van der Waals surface area contributed by atoms with E-state index < -0.39 is 0 Å². The van der Waals surface area contributed by atoms with E-state index in [0.717, 1.165) is 13.1 Å². The van der Waals surface area contributed by atoms with Gasteiger partial charge in [0.2, 0.25) is 0 Å². The Hall–Kier alpha value is -0.100. The molecule has 0 saturated carbocycles. The fourth-order valence-corrected chi connectivity index (χ4v) is 2.48. The van der Waals surface area contributed by atoms with E-state index in [0.29, 0.717) is 12.0 Å². The molecule has 5 heteroatoms. The van der Waals surface area contributed by atoms with Gasteiger partial charge in [0, 0.05) is 25.8 Å². The summed E-state index contributed by atoms with van der Waals surface area (Å²) >= 11 is 1.49. The molecule has 0 spiro atoms. The molecule has 1 fully saturated rings. The first-order chi connectivity index (χ1) is 8.24. The van der Waals surface area contributed by atoms with Crippen molar-refractivity contribution in [3.8, 4) is 0 Å². The lowest BCUT2D eigenvalue weighted by molar-refractivity contribution is -0.109. The molecule has 1 saturated heterocycles. The van der Waals surface area contributed by atoms with Crippen LogP contribution < -0.4 is 0 Å². The molecule has 0 aromatic heterocycles. The van der Waals surface area contributed by atoms with Gasteiger partial charge in [0.05, 0.1) is 5.60 Å². The zero-order chi connectivity index (χ0) is 14.2. The number of carbonyl (C=O) groups is 1. The van der Waals surface area contributed by atoms with Crippen molar-refractivity contribution in [2.75, 3.05) is 34.0 Å². The Kier molecular flexibility index (Phi) is 8.86. The third-order valence-corrected chi connectivity index (χ3v) is 3.34. The molecule has 0 aromatic carbocycles. The van der Waals surface area contributed by atoms with Gasteiger partial charge < -0.3 is 14.4 Å². The number of rotatable bonds is 3. The Morgan fingerprint density at radius 3 is 2.33 bits per heavy atom. The molecule has 0 unspecified atom stereocenters. The van der Waals surface area contributed by atoms with Gasteiger partial charge in [-0.05, 0) is 40.8 Å². The van der Waals surface area contributed by atoms with Crippen molar-refractivity contribution >= 4 is 16.9 Å². The predicted molar refractivity (Wildman–Crippen MR) is 76.9 cm³/mol. The highest BCUT2D eigenvalue weighted by molar-refractivity contribution is 8.14. The second-order valence-corrected chi connectivity index (χ2v) is 6.92. The fraction of sp³-hybridized carbons (Fsp3) is 0.923. The van der Waals surface area contributed by atoms with Gasteiger partial charge in [0.15, 0.2) is 5.12 Å². The molecular weight excluding hydrogens is 250 g/mol. The van der Waals surface area contributed by atoms with Gasteiger partial charge in [-0.1, -0.05) is 11.8 Å². The zero-order valence-corrected chi connectivity index (χ0v) is 13.3. The Morgan fingerprint density at radius 1 is 1.44 bits per heavy atom. The molecular formula is C13H27NO3S. The van der Waals surface area contributed by atoms with E-state index in [1.54, 1.807) is 14.0 Å². The van der Waals surface area contributed by atoms with Crippen molar-refractivity contribution in [1.29, 1.82) is 0 Å². The van der Waals surface area contributed by atoms with Crippen LogP contribution in [0.4, 0.5) is 0 Å². The van der Waals surface area contributed by atoms with Crippen molar-refractivity contribution in [2.24, 2.45) is 0 Å². The monoisotopic (exact) mass is 277 g/mol.